The fourth-order valence-corrected chi connectivity index (χ4v) is 1.94. The topological polar surface area (TPSA) is 67.4 Å². The second-order valence-corrected chi connectivity index (χ2v) is 6.63. The molecule has 0 spiro atoms. The van der Waals surface area contributed by atoms with Crippen LogP contribution in [0.15, 0.2) is 12.7 Å². The molecular formula is C15H11F17N2O3. The van der Waals surface area contributed by atoms with Gasteiger partial charge in [-0.25, -0.2) is 9.59 Å². The number of halogens is 17. The van der Waals surface area contributed by atoms with Crippen LogP contribution in [0.5, 0.6) is 0 Å². The molecule has 0 aliphatic rings. The lowest BCUT2D eigenvalue weighted by Gasteiger charge is -2.42. The van der Waals surface area contributed by atoms with Crippen molar-refractivity contribution in [3.8, 4) is 0 Å². The molecule has 0 fully saturated rings. The van der Waals surface area contributed by atoms with Gasteiger partial charge in [-0.1, -0.05) is 6.58 Å². The van der Waals surface area contributed by atoms with Crippen LogP contribution in [0.2, 0.25) is 0 Å². The molecule has 0 unspecified atom stereocenters. The molecule has 0 aliphatic carbocycles. The maximum absolute atomic E-state index is 13.6. The molecule has 22 heteroatoms. The van der Waals surface area contributed by atoms with Crippen molar-refractivity contribution in [2.75, 3.05) is 19.7 Å². The highest BCUT2D eigenvalue weighted by Crippen LogP contribution is 2.63. The molecule has 0 radical (unpaired) electrons. The fraction of sp³-hybridized carbons (Fsp3) is 0.733. The molecule has 0 rings (SSSR count). The van der Waals surface area contributed by atoms with Crippen LogP contribution < -0.4 is 10.6 Å². The molecule has 0 aromatic heterocycles. The third-order valence-corrected chi connectivity index (χ3v) is 4.06. The molecule has 0 aliphatic heterocycles. The van der Waals surface area contributed by atoms with E-state index in [9.17, 15) is 84.2 Å². The van der Waals surface area contributed by atoms with Crippen LogP contribution in [-0.4, -0.2) is 79.3 Å². The van der Waals surface area contributed by atoms with E-state index in [1.165, 1.54) is 5.32 Å². The van der Waals surface area contributed by atoms with E-state index < -0.39 is 79.3 Å². The third-order valence-electron chi connectivity index (χ3n) is 4.06. The Morgan fingerprint density at radius 2 is 1.00 bits per heavy atom. The van der Waals surface area contributed by atoms with Gasteiger partial charge in [0.1, 0.15) is 6.61 Å². The highest BCUT2D eigenvalue weighted by atomic mass is 19.4. The van der Waals surface area contributed by atoms with Gasteiger partial charge in [-0.05, 0) is 0 Å². The molecule has 2 amide bonds. The molecule has 2 N–H and O–H groups in total. The molecule has 37 heavy (non-hydrogen) atoms. The lowest BCUT2D eigenvalue weighted by atomic mass is 9.89. The Morgan fingerprint density at radius 3 is 1.38 bits per heavy atom. The molecule has 0 atom stereocenters. The number of alkyl halides is 17. The average Bonchev–Trinajstić information content (AvgIpc) is 2.73. The van der Waals surface area contributed by atoms with Gasteiger partial charge in [-0.15, -0.1) is 0 Å². The standard InChI is InChI=1S/C15H11F17N2O3/c1-2-6(35)37-4-3-33-7(36)34-5-8(16,17)9(18,19)10(20,21)11(22,23)12(24,25)13(26,27)14(28,29)15(30,31)32/h2H,1,3-5H2,(H2,33,34,36). The molecular weight excluding hydrogens is 579 g/mol. The van der Waals surface area contributed by atoms with Crippen LogP contribution in [0, 0.1) is 0 Å². The Balaban J connectivity index is 5.96. The third kappa shape index (κ3) is 5.75. The van der Waals surface area contributed by atoms with Crippen LogP contribution in [0.25, 0.3) is 0 Å². The number of nitrogens with one attached hydrogen (secondary N) is 2. The maximum Gasteiger partial charge on any atom is 0.460 e. The van der Waals surface area contributed by atoms with E-state index in [2.05, 4.69) is 11.3 Å². The van der Waals surface area contributed by atoms with Gasteiger partial charge in [0.15, 0.2) is 0 Å². The van der Waals surface area contributed by atoms with Gasteiger partial charge < -0.3 is 15.4 Å². The first-order chi connectivity index (χ1) is 16.1. The number of hydrogen-bond donors (Lipinski definition) is 2. The summed E-state index contributed by atoms with van der Waals surface area (Å²) >= 11 is 0. The predicted octanol–water partition coefficient (Wildman–Crippen LogP) is 5.02. The summed E-state index contributed by atoms with van der Waals surface area (Å²) in [6.45, 7) is -1.74. The highest BCUT2D eigenvalue weighted by Gasteiger charge is 2.95. The van der Waals surface area contributed by atoms with Crippen molar-refractivity contribution in [2.24, 2.45) is 0 Å². The number of rotatable bonds is 12. The second kappa shape index (κ2) is 10.2. The van der Waals surface area contributed by atoms with E-state index in [0.29, 0.717) is 11.4 Å². The van der Waals surface area contributed by atoms with Crippen LogP contribution in [0.3, 0.4) is 0 Å². The van der Waals surface area contributed by atoms with E-state index >= 15 is 0 Å². The summed E-state index contributed by atoms with van der Waals surface area (Å²) < 4.78 is 227. The highest BCUT2D eigenvalue weighted by molar-refractivity contribution is 5.81. The summed E-state index contributed by atoms with van der Waals surface area (Å²) in [4.78, 5) is 21.8. The molecule has 0 saturated carbocycles. The monoisotopic (exact) mass is 590 g/mol. The van der Waals surface area contributed by atoms with Gasteiger partial charge in [-0.3, -0.25) is 0 Å². The van der Waals surface area contributed by atoms with Crippen LogP contribution in [0.1, 0.15) is 0 Å². The first-order valence-electron chi connectivity index (χ1n) is 8.62. The van der Waals surface area contributed by atoms with E-state index in [1.54, 1.807) is 0 Å². The summed E-state index contributed by atoms with van der Waals surface area (Å²) in [5, 5.41) is 2.09. The number of amides is 2. The first kappa shape index (κ1) is 34.3. The zero-order valence-electron chi connectivity index (χ0n) is 17.1. The lowest BCUT2D eigenvalue weighted by Crippen LogP contribution is -2.75. The van der Waals surface area contributed by atoms with Gasteiger partial charge in [0.25, 0.3) is 0 Å². The molecule has 0 bridgehead atoms. The summed E-state index contributed by atoms with van der Waals surface area (Å²) in [5.41, 5.74) is 0. The summed E-state index contributed by atoms with van der Waals surface area (Å²) in [6.07, 6.45) is -7.23. The van der Waals surface area contributed by atoms with Crippen molar-refractivity contribution in [3.63, 3.8) is 0 Å². The van der Waals surface area contributed by atoms with E-state index in [0.717, 1.165) is 0 Å². The number of hydrogen-bond acceptors (Lipinski definition) is 3. The van der Waals surface area contributed by atoms with Crippen LogP contribution in [0.4, 0.5) is 79.4 Å². The average molecular weight is 590 g/mol. The smallest absolute Gasteiger partial charge is 0.460 e. The number of carbonyl (C=O) groups excluding carboxylic acids is 2. The first-order valence-corrected chi connectivity index (χ1v) is 8.62. The SMILES string of the molecule is C=CC(=O)OCCNC(=O)NCC(F)(F)C(F)(F)C(F)(F)C(F)(F)C(F)(F)C(F)(F)C(F)(F)C(F)(F)F. The molecule has 0 aromatic carbocycles. The quantitative estimate of drug-likeness (QED) is 0.145. The Kier molecular flexibility index (Phi) is 9.47. The minimum atomic E-state index is -8.73. The Morgan fingerprint density at radius 1 is 0.622 bits per heavy atom. The second-order valence-electron chi connectivity index (χ2n) is 6.63. The van der Waals surface area contributed by atoms with Gasteiger partial charge in [0.05, 0.1) is 13.1 Å². The number of urea groups is 1. The van der Waals surface area contributed by atoms with Crippen LogP contribution >= 0.6 is 0 Å². The van der Waals surface area contributed by atoms with Gasteiger partial charge in [-0.2, -0.15) is 74.6 Å². The van der Waals surface area contributed by atoms with Gasteiger partial charge in [0.2, 0.25) is 0 Å². The molecule has 218 valence electrons. The number of esters is 1. The van der Waals surface area contributed by atoms with Crippen molar-refractivity contribution < 1.29 is 89.0 Å². The zero-order chi connectivity index (χ0) is 30.1. The minimum absolute atomic E-state index is 0.600. The van der Waals surface area contributed by atoms with Gasteiger partial charge >= 0.3 is 59.6 Å². The van der Waals surface area contributed by atoms with E-state index in [1.807, 2.05) is 0 Å². The lowest BCUT2D eigenvalue weighted by molar-refractivity contribution is -0.461. The largest absolute Gasteiger partial charge is 0.461 e. The molecule has 5 nitrogen and oxygen atoms in total. The Bertz CT molecular complexity index is 853. The summed E-state index contributed by atoms with van der Waals surface area (Å²) in [5.74, 6) is -58.4. The van der Waals surface area contributed by atoms with E-state index in [-0.39, 0.29) is 0 Å². The van der Waals surface area contributed by atoms with Crippen molar-refractivity contribution in [3.05, 3.63) is 12.7 Å². The van der Waals surface area contributed by atoms with Crippen molar-refractivity contribution >= 4 is 12.0 Å². The predicted molar refractivity (Wildman–Crippen MR) is 83.2 cm³/mol. The Labute approximate surface area is 193 Å². The number of carbonyl (C=O) groups is 2. The zero-order valence-corrected chi connectivity index (χ0v) is 17.1. The van der Waals surface area contributed by atoms with Crippen molar-refractivity contribution in [1.82, 2.24) is 10.6 Å². The number of ether oxygens (including phenoxy) is 1. The molecule has 0 heterocycles. The minimum Gasteiger partial charge on any atom is -0.461 e. The van der Waals surface area contributed by atoms with Crippen molar-refractivity contribution in [2.45, 2.75) is 47.6 Å². The summed E-state index contributed by atoms with van der Waals surface area (Å²) in [6, 6.07) is -2.00. The van der Waals surface area contributed by atoms with Crippen LogP contribution in [-0.2, 0) is 9.53 Å². The fourth-order valence-electron chi connectivity index (χ4n) is 1.94. The van der Waals surface area contributed by atoms with E-state index in [4.69, 9.17) is 0 Å². The van der Waals surface area contributed by atoms with Crippen molar-refractivity contribution in [1.29, 1.82) is 0 Å². The summed E-state index contributed by atoms with van der Waals surface area (Å²) in [7, 11) is 0. The normalized spacial score (nSPS) is 14.7. The van der Waals surface area contributed by atoms with Gasteiger partial charge in [0, 0.05) is 6.08 Å². The molecule has 0 aromatic rings. The molecule has 0 saturated heterocycles. The Hall–Kier alpha value is -2.71. The maximum atomic E-state index is 13.6.